The van der Waals surface area contributed by atoms with Crippen LogP contribution in [-0.4, -0.2) is 5.16 Å². The second-order valence-electron chi connectivity index (χ2n) is 2.62. The third-order valence-corrected chi connectivity index (χ3v) is 1.67. The van der Waals surface area contributed by atoms with E-state index in [1.54, 1.807) is 0 Å². The van der Waals surface area contributed by atoms with E-state index in [1.165, 1.54) is 0 Å². The summed E-state index contributed by atoms with van der Waals surface area (Å²) in [5.41, 5.74) is 0.00319. The molecule has 0 N–H and O–H groups in total. The topological polar surface area (TPSA) is 53.0 Å². The van der Waals surface area contributed by atoms with Gasteiger partial charge in [0.05, 0.1) is 5.16 Å². The van der Waals surface area contributed by atoms with Crippen molar-refractivity contribution in [1.29, 1.82) is 0 Å². The largest absolute Gasteiger partial charge is 0.389 e. The fraction of sp³-hybridized carbons (Fsp3) is 0.714. The van der Waals surface area contributed by atoms with Crippen LogP contribution in [0.3, 0.4) is 0 Å². The Kier molecular flexibility index (Phi) is 3.01. The van der Waals surface area contributed by atoms with Crippen LogP contribution >= 0.6 is 0 Å². The molecule has 1 rings (SSSR count). The lowest BCUT2D eigenvalue weighted by molar-refractivity contribution is -0.808. The summed E-state index contributed by atoms with van der Waals surface area (Å²) in [6.07, 6.45) is 3.19. The predicted octanol–water partition coefficient (Wildman–Crippen LogP) is 1.18. The maximum Gasteiger partial charge on any atom is 0.389 e. The molecular weight excluding hydrogens is 163 g/mol. The zero-order valence-electron chi connectivity index (χ0n) is 6.92. The van der Waals surface area contributed by atoms with Gasteiger partial charge in [0, 0.05) is 6.42 Å². The van der Waals surface area contributed by atoms with Gasteiger partial charge in [-0.2, -0.15) is 0 Å². The number of hydrogen-bond acceptors (Lipinski definition) is 3. The molecular formula is C7H11FN2O2. The third-order valence-electron chi connectivity index (χ3n) is 1.67. The van der Waals surface area contributed by atoms with Crippen molar-refractivity contribution in [3.05, 3.63) is 16.8 Å². The van der Waals surface area contributed by atoms with Crippen molar-refractivity contribution in [2.24, 2.45) is 0 Å². The van der Waals surface area contributed by atoms with Crippen molar-refractivity contribution >= 4 is 0 Å². The molecule has 0 atom stereocenters. The molecule has 0 bridgehead atoms. The zero-order valence-corrected chi connectivity index (χ0v) is 6.92. The standard InChI is InChI=1S/C7H11FN2O2/c1-2-3-4-5-6-7(8)9-12-10(6)11/h2-5H2,1H3. The summed E-state index contributed by atoms with van der Waals surface area (Å²) in [5, 5.41) is 13.6. The molecule has 0 radical (unpaired) electrons. The monoisotopic (exact) mass is 174 g/mol. The molecule has 0 amide bonds. The average molecular weight is 174 g/mol. The number of nitrogens with zero attached hydrogens (tertiary/aromatic N) is 2. The van der Waals surface area contributed by atoms with Crippen LogP contribution in [0.15, 0.2) is 4.63 Å². The summed E-state index contributed by atoms with van der Waals surface area (Å²) in [6.45, 7) is 2.04. The summed E-state index contributed by atoms with van der Waals surface area (Å²) in [6, 6.07) is 0. The molecule has 0 fully saturated rings. The Labute approximate surface area is 69.5 Å². The molecule has 1 heterocycles. The first-order valence-corrected chi connectivity index (χ1v) is 3.99. The van der Waals surface area contributed by atoms with Gasteiger partial charge in [-0.1, -0.05) is 19.8 Å². The highest BCUT2D eigenvalue weighted by Gasteiger charge is 2.17. The molecule has 0 spiro atoms. The lowest BCUT2D eigenvalue weighted by atomic mass is 10.2. The number of rotatable bonds is 4. The van der Waals surface area contributed by atoms with Gasteiger partial charge in [-0.15, -0.1) is 4.39 Å². The van der Waals surface area contributed by atoms with Crippen LogP contribution in [0.5, 0.6) is 0 Å². The minimum Gasteiger partial charge on any atom is -0.359 e. The first-order valence-electron chi connectivity index (χ1n) is 3.99. The molecule has 0 saturated carbocycles. The SMILES string of the molecule is CCCCCc1c(F)no[n+]1[O-]. The molecule has 0 saturated heterocycles. The minimum atomic E-state index is -0.791. The van der Waals surface area contributed by atoms with Crippen LogP contribution in [0, 0.1) is 11.2 Å². The van der Waals surface area contributed by atoms with Gasteiger partial charge in [0.2, 0.25) is 5.69 Å². The fourth-order valence-corrected chi connectivity index (χ4v) is 0.987. The van der Waals surface area contributed by atoms with Crippen LogP contribution in [0.4, 0.5) is 4.39 Å². The van der Waals surface area contributed by atoms with Gasteiger partial charge < -0.3 is 5.21 Å². The van der Waals surface area contributed by atoms with Crippen molar-refractivity contribution in [3.63, 3.8) is 0 Å². The maximum atomic E-state index is 12.6. The van der Waals surface area contributed by atoms with E-state index in [0.29, 0.717) is 6.42 Å². The molecule has 5 heteroatoms. The molecule has 0 aromatic carbocycles. The van der Waals surface area contributed by atoms with Crippen LogP contribution in [-0.2, 0) is 6.42 Å². The van der Waals surface area contributed by atoms with Crippen molar-refractivity contribution < 1.29 is 13.9 Å². The van der Waals surface area contributed by atoms with Crippen molar-refractivity contribution in [2.75, 3.05) is 0 Å². The Balaban J connectivity index is 2.50. The van der Waals surface area contributed by atoms with Crippen molar-refractivity contribution in [1.82, 2.24) is 5.16 Å². The van der Waals surface area contributed by atoms with Gasteiger partial charge in [0.15, 0.2) is 0 Å². The number of aromatic nitrogens is 2. The molecule has 0 unspecified atom stereocenters. The van der Waals surface area contributed by atoms with E-state index in [9.17, 15) is 9.60 Å². The van der Waals surface area contributed by atoms with E-state index in [1.807, 2.05) is 6.92 Å². The lowest BCUT2D eigenvalue weighted by Crippen LogP contribution is -2.28. The van der Waals surface area contributed by atoms with E-state index < -0.39 is 5.95 Å². The molecule has 0 aliphatic carbocycles. The Morgan fingerprint density at radius 2 is 2.33 bits per heavy atom. The van der Waals surface area contributed by atoms with Crippen LogP contribution in [0.25, 0.3) is 0 Å². The Morgan fingerprint density at radius 3 is 2.83 bits per heavy atom. The van der Waals surface area contributed by atoms with Crippen molar-refractivity contribution in [3.8, 4) is 0 Å². The van der Waals surface area contributed by atoms with Crippen LogP contribution in [0.2, 0.25) is 0 Å². The fourth-order valence-electron chi connectivity index (χ4n) is 0.987. The molecule has 12 heavy (non-hydrogen) atoms. The van der Waals surface area contributed by atoms with Crippen molar-refractivity contribution in [2.45, 2.75) is 32.6 Å². The summed E-state index contributed by atoms with van der Waals surface area (Å²) >= 11 is 0. The van der Waals surface area contributed by atoms with Gasteiger partial charge in [0.1, 0.15) is 0 Å². The molecule has 0 aliphatic heterocycles. The molecule has 0 aliphatic rings. The van der Waals surface area contributed by atoms with Gasteiger partial charge >= 0.3 is 5.95 Å². The van der Waals surface area contributed by atoms with Gasteiger partial charge in [-0.25, -0.2) is 0 Å². The second kappa shape index (κ2) is 4.04. The molecule has 68 valence electrons. The smallest absolute Gasteiger partial charge is 0.359 e. The van der Waals surface area contributed by atoms with E-state index in [2.05, 4.69) is 9.79 Å². The molecule has 1 aromatic heterocycles. The predicted molar refractivity (Wildman–Crippen MR) is 38.7 cm³/mol. The molecule has 4 nitrogen and oxygen atoms in total. The Morgan fingerprint density at radius 1 is 1.58 bits per heavy atom. The molecule has 1 aromatic rings. The minimum absolute atomic E-state index is 0.00319. The Bertz CT molecular complexity index is 230. The van der Waals surface area contributed by atoms with Crippen LogP contribution < -0.4 is 4.90 Å². The zero-order chi connectivity index (χ0) is 8.97. The number of hydrogen-bond donors (Lipinski definition) is 0. The number of halogens is 1. The van der Waals surface area contributed by atoms with Gasteiger partial charge in [-0.3, -0.25) is 4.63 Å². The highest BCUT2D eigenvalue weighted by atomic mass is 19.1. The first kappa shape index (κ1) is 8.96. The van der Waals surface area contributed by atoms with Gasteiger partial charge in [-0.05, 0) is 11.3 Å². The number of unbranched alkanes of at least 4 members (excludes halogenated alkanes) is 2. The second-order valence-corrected chi connectivity index (χ2v) is 2.62. The summed E-state index contributed by atoms with van der Waals surface area (Å²) in [4.78, 5) is 0.130. The Hall–Kier alpha value is -1.13. The van der Waals surface area contributed by atoms with E-state index in [-0.39, 0.29) is 10.6 Å². The first-order chi connectivity index (χ1) is 5.75. The van der Waals surface area contributed by atoms with Crippen LogP contribution in [0.1, 0.15) is 31.9 Å². The van der Waals surface area contributed by atoms with Gasteiger partial charge in [0.25, 0.3) is 0 Å². The summed E-state index contributed by atoms with van der Waals surface area (Å²) < 4.78 is 16.7. The highest BCUT2D eigenvalue weighted by molar-refractivity contribution is 4.87. The van der Waals surface area contributed by atoms with E-state index in [4.69, 9.17) is 0 Å². The normalized spacial score (nSPS) is 10.5. The average Bonchev–Trinajstić information content (AvgIpc) is 2.35. The third kappa shape index (κ3) is 1.93. The summed E-state index contributed by atoms with van der Waals surface area (Å²) in [5.74, 6) is -0.791. The highest BCUT2D eigenvalue weighted by Crippen LogP contribution is 2.04. The summed E-state index contributed by atoms with van der Waals surface area (Å²) in [7, 11) is 0. The maximum absolute atomic E-state index is 12.6. The lowest BCUT2D eigenvalue weighted by Gasteiger charge is -1.94. The van der Waals surface area contributed by atoms with E-state index >= 15 is 0 Å². The quantitative estimate of drug-likeness (QED) is 0.508. The van der Waals surface area contributed by atoms with E-state index in [0.717, 1.165) is 19.3 Å².